The van der Waals surface area contributed by atoms with Gasteiger partial charge in [0.05, 0.1) is 0 Å². The highest BCUT2D eigenvalue weighted by Gasteiger charge is 2.11. The van der Waals surface area contributed by atoms with Crippen LogP contribution >= 0.6 is 0 Å². The van der Waals surface area contributed by atoms with Gasteiger partial charge in [0.15, 0.2) is 11.6 Å². The molecule has 126 valence electrons. The number of carbonyl (C=O) groups excluding carboxylic acids is 2. The number of hydrogen-bond acceptors (Lipinski definition) is 7. The van der Waals surface area contributed by atoms with Crippen LogP contribution < -0.4 is 10.6 Å². The normalized spacial score (nSPS) is 10.3. The molecular weight excluding hydrogens is 322 g/mol. The van der Waals surface area contributed by atoms with Crippen LogP contribution in [0.2, 0.25) is 0 Å². The van der Waals surface area contributed by atoms with Crippen LogP contribution in [0.4, 0.5) is 17.5 Å². The lowest BCUT2D eigenvalue weighted by Gasteiger charge is -2.07. The summed E-state index contributed by atoms with van der Waals surface area (Å²) in [5.41, 5.74) is 1.20. The van der Waals surface area contributed by atoms with Crippen LogP contribution in [0.15, 0.2) is 47.1 Å². The highest BCUT2D eigenvalue weighted by Crippen LogP contribution is 2.14. The Bertz CT molecular complexity index is 935. The highest BCUT2D eigenvalue weighted by molar-refractivity contribution is 6.04. The average molecular weight is 337 g/mol. The van der Waals surface area contributed by atoms with Gasteiger partial charge in [0.1, 0.15) is 11.5 Å². The Morgan fingerprint density at radius 2 is 2.00 bits per heavy atom. The smallest absolute Gasteiger partial charge is 0.274 e. The Morgan fingerprint density at radius 1 is 1.16 bits per heavy atom. The van der Waals surface area contributed by atoms with Crippen LogP contribution in [0.25, 0.3) is 0 Å². The molecule has 3 aromatic rings. The number of aromatic nitrogens is 3. The Labute approximate surface area is 143 Å². The average Bonchev–Trinajstić information content (AvgIpc) is 3.00. The third kappa shape index (κ3) is 4.05. The summed E-state index contributed by atoms with van der Waals surface area (Å²) in [6, 6.07) is 9.87. The van der Waals surface area contributed by atoms with Crippen molar-refractivity contribution in [2.45, 2.75) is 13.8 Å². The molecular formula is C17H15N5O3. The second-order valence-electron chi connectivity index (χ2n) is 5.30. The number of carbonyl (C=O) groups is 2. The minimum atomic E-state index is -0.414. The van der Waals surface area contributed by atoms with E-state index in [9.17, 15) is 9.59 Å². The standard InChI is InChI=1S/C17H15N5O3/c1-10-8-15(22-25-10)21-17-18-7-6-14(20-17)16(24)19-13-5-3-4-12(9-13)11(2)23/h3-9H,1-2H3,(H,19,24)(H,18,20,21,22). The first kappa shape index (κ1) is 16.3. The third-order valence-electron chi connectivity index (χ3n) is 3.28. The van der Waals surface area contributed by atoms with Gasteiger partial charge in [-0.3, -0.25) is 9.59 Å². The number of aryl methyl sites for hydroxylation is 1. The number of amides is 1. The number of nitrogens with one attached hydrogen (secondary N) is 2. The van der Waals surface area contributed by atoms with E-state index >= 15 is 0 Å². The van der Waals surface area contributed by atoms with Crippen LogP contribution in [0.3, 0.4) is 0 Å². The predicted molar refractivity (Wildman–Crippen MR) is 91.0 cm³/mol. The van der Waals surface area contributed by atoms with Crippen LogP contribution in [0, 0.1) is 6.92 Å². The van der Waals surface area contributed by atoms with Gasteiger partial charge in [-0.15, -0.1) is 0 Å². The third-order valence-corrected chi connectivity index (χ3v) is 3.28. The van der Waals surface area contributed by atoms with Gasteiger partial charge >= 0.3 is 0 Å². The molecule has 0 radical (unpaired) electrons. The molecule has 2 heterocycles. The first-order valence-electron chi connectivity index (χ1n) is 7.47. The fraction of sp³-hybridized carbons (Fsp3) is 0.118. The quantitative estimate of drug-likeness (QED) is 0.689. The van der Waals surface area contributed by atoms with Crippen LogP contribution in [0.1, 0.15) is 33.5 Å². The summed E-state index contributed by atoms with van der Waals surface area (Å²) >= 11 is 0. The van der Waals surface area contributed by atoms with Crippen molar-refractivity contribution in [1.29, 1.82) is 0 Å². The molecule has 25 heavy (non-hydrogen) atoms. The molecule has 0 unspecified atom stereocenters. The lowest BCUT2D eigenvalue weighted by molar-refractivity contribution is 0.100. The highest BCUT2D eigenvalue weighted by atomic mass is 16.5. The molecule has 0 saturated carbocycles. The molecule has 8 nitrogen and oxygen atoms in total. The lowest BCUT2D eigenvalue weighted by atomic mass is 10.1. The van der Waals surface area contributed by atoms with E-state index in [0.29, 0.717) is 22.8 Å². The first-order valence-corrected chi connectivity index (χ1v) is 7.47. The first-order chi connectivity index (χ1) is 12.0. The van der Waals surface area contributed by atoms with Crippen molar-refractivity contribution in [2.75, 3.05) is 10.6 Å². The summed E-state index contributed by atoms with van der Waals surface area (Å²) < 4.78 is 4.95. The van der Waals surface area contributed by atoms with Gasteiger partial charge in [-0.2, -0.15) is 0 Å². The van der Waals surface area contributed by atoms with E-state index in [-0.39, 0.29) is 17.4 Å². The summed E-state index contributed by atoms with van der Waals surface area (Å²) in [4.78, 5) is 32.0. The topological polar surface area (TPSA) is 110 Å². The monoisotopic (exact) mass is 337 g/mol. The van der Waals surface area contributed by atoms with Gasteiger partial charge in [0.25, 0.3) is 5.91 Å². The maximum Gasteiger partial charge on any atom is 0.274 e. The van der Waals surface area contributed by atoms with Crippen LogP contribution in [0.5, 0.6) is 0 Å². The van der Waals surface area contributed by atoms with E-state index in [4.69, 9.17) is 4.52 Å². The molecule has 0 aliphatic carbocycles. The van der Waals surface area contributed by atoms with Crippen molar-refractivity contribution in [2.24, 2.45) is 0 Å². The van der Waals surface area contributed by atoms with Gasteiger partial charge < -0.3 is 15.2 Å². The number of benzene rings is 1. The van der Waals surface area contributed by atoms with Gasteiger partial charge in [-0.05, 0) is 32.0 Å². The van der Waals surface area contributed by atoms with Crippen molar-refractivity contribution >= 4 is 29.1 Å². The summed E-state index contributed by atoms with van der Waals surface area (Å²) in [7, 11) is 0. The lowest BCUT2D eigenvalue weighted by Crippen LogP contribution is -2.15. The SMILES string of the molecule is CC(=O)c1cccc(NC(=O)c2ccnc(Nc3cc(C)on3)n2)c1. The number of nitrogens with zero attached hydrogens (tertiary/aromatic N) is 3. The van der Waals surface area contributed by atoms with Crippen LogP contribution in [-0.4, -0.2) is 26.8 Å². The summed E-state index contributed by atoms with van der Waals surface area (Å²) in [5, 5.41) is 9.34. The zero-order valence-electron chi connectivity index (χ0n) is 13.6. The van der Waals surface area contributed by atoms with Gasteiger partial charge in [-0.25, -0.2) is 9.97 Å². The van der Waals surface area contributed by atoms with E-state index in [1.807, 2.05) is 0 Å². The van der Waals surface area contributed by atoms with E-state index in [2.05, 4.69) is 25.8 Å². The van der Waals surface area contributed by atoms with Crippen LogP contribution in [-0.2, 0) is 0 Å². The molecule has 0 saturated heterocycles. The molecule has 1 amide bonds. The predicted octanol–water partition coefficient (Wildman–Crippen LogP) is 2.97. The van der Waals surface area contributed by atoms with E-state index in [1.54, 1.807) is 37.3 Å². The largest absolute Gasteiger partial charge is 0.360 e. The number of hydrogen-bond donors (Lipinski definition) is 2. The number of anilines is 3. The molecule has 0 bridgehead atoms. The number of ketones is 1. The molecule has 0 atom stereocenters. The van der Waals surface area contributed by atoms with Crippen molar-refractivity contribution in [1.82, 2.24) is 15.1 Å². The van der Waals surface area contributed by atoms with E-state index in [1.165, 1.54) is 19.2 Å². The Hall–Kier alpha value is -3.55. The van der Waals surface area contributed by atoms with Gasteiger partial charge in [-0.1, -0.05) is 17.3 Å². The zero-order valence-corrected chi connectivity index (χ0v) is 13.6. The van der Waals surface area contributed by atoms with E-state index in [0.717, 1.165) is 0 Å². The molecule has 0 aliphatic rings. The zero-order chi connectivity index (χ0) is 17.8. The minimum Gasteiger partial charge on any atom is -0.360 e. The fourth-order valence-corrected chi connectivity index (χ4v) is 2.10. The molecule has 0 fully saturated rings. The fourth-order valence-electron chi connectivity index (χ4n) is 2.10. The van der Waals surface area contributed by atoms with Crippen molar-refractivity contribution in [3.05, 3.63) is 59.6 Å². The minimum absolute atomic E-state index is 0.0764. The number of rotatable bonds is 5. The van der Waals surface area contributed by atoms with Crippen molar-refractivity contribution < 1.29 is 14.1 Å². The molecule has 0 aliphatic heterocycles. The summed E-state index contributed by atoms with van der Waals surface area (Å²) in [5.74, 6) is 0.819. The molecule has 2 N–H and O–H groups in total. The molecule has 1 aromatic carbocycles. The maximum absolute atomic E-state index is 12.4. The van der Waals surface area contributed by atoms with Gasteiger partial charge in [0, 0.05) is 23.5 Å². The summed E-state index contributed by atoms with van der Waals surface area (Å²) in [6.07, 6.45) is 1.46. The Morgan fingerprint density at radius 3 is 2.72 bits per heavy atom. The van der Waals surface area contributed by atoms with Gasteiger partial charge in [0.2, 0.25) is 5.95 Å². The van der Waals surface area contributed by atoms with E-state index < -0.39 is 5.91 Å². The second-order valence-corrected chi connectivity index (χ2v) is 5.30. The second kappa shape index (κ2) is 6.91. The summed E-state index contributed by atoms with van der Waals surface area (Å²) in [6.45, 7) is 3.23. The maximum atomic E-state index is 12.4. The molecule has 8 heteroatoms. The Kier molecular flexibility index (Phi) is 4.51. The molecule has 2 aromatic heterocycles. The Balaban J connectivity index is 1.75. The molecule has 3 rings (SSSR count). The number of Topliss-reactive ketones (excluding diaryl/α,β-unsaturated/α-hetero) is 1. The van der Waals surface area contributed by atoms with Crippen molar-refractivity contribution in [3.8, 4) is 0 Å². The molecule has 0 spiro atoms. The van der Waals surface area contributed by atoms with Crippen molar-refractivity contribution in [3.63, 3.8) is 0 Å².